The maximum absolute atomic E-state index is 6.40. The fraction of sp³-hybridized carbons (Fsp3) is 0.438. The van der Waals surface area contributed by atoms with Crippen LogP contribution in [0.3, 0.4) is 0 Å². The van der Waals surface area contributed by atoms with Gasteiger partial charge in [-0.2, -0.15) is 0 Å². The molecule has 2 rings (SSSR count). The van der Waals surface area contributed by atoms with Crippen molar-refractivity contribution in [2.24, 2.45) is 0 Å². The summed E-state index contributed by atoms with van der Waals surface area (Å²) in [4.78, 5) is 4.74. The van der Waals surface area contributed by atoms with E-state index in [1.54, 1.807) is 7.11 Å². The van der Waals surface area contributed by atoms with Gasteiger partial charge in [-0.1, -0.05) is 25.4 Å². The highest BCUT2D eigenvalue weighted by Crippen LogP contribution is 2.38. The van der Waals surface area contributed by atoms with Gasteiger partial charge in [-0.3, -0.25) is 0 Å². The minimum absolute atomic E-state index is 0.706. The summed E-state index contributed by atoms with van der Waals surface area (Å²) >= 11 is 6.40. The number of nitrogens with one attached hydrogen (secondary N) is 1. The summed E-state index contributed by atoms with van der Waals surface area (Å²) < 4.78 is 5.43. The number of benzene rings is 1. The molecule has 4 heteroatoms. The molecule has 108 valence electrons. The first-order valence-electron chi connectivity index (χ1n) is 7.03. The molecule has 0 saturated carbocycles. The van der Waals surface area contributed by atoms with Gasteiger partial charge in [0.15, 0.2) is 0 Å². The van der Waals surface area contributed by atoms with Crippen LogP contribution in [-0.2, 0) is 6.42 Å². The smallest absolute Gasteiger partial charge is 0.145 e. The van der Waals surface area contributed by atoms with Crippen molar-refractivity contribution < 1.29 is 4.74 Å². The van der Waals surface area contributed by atoms with Crippen molar-refractivity contribution in [3.8, 4) is 5.75 Å². The molecule has 0 saturated heterocycles. The summed E-state index contributed by atoms with van der Waals surface area (Å²) in [6.07, 6.45) is 1.95. The van der Waals surface area contributed by atoms with E-state index in [9.17, 15) is 0 Å². The molecule has 20 heavy (non-hydrogen) atoms. The first-order valence-corrected chi connectivity index (χ1v) is 7.41. The molecule has 0 bridgehead atoms. The number of anilines is 1. The van der Waals surface area contributed by atoms with Gasteiger partial charge in [0.05, 0.1) is 12.1 Å². The molecule has 0 amide bonds. The Hall–Kier alpha value is -1.48. The first kappa shape index (κ1) is 14.9. The molecule has 3 nitrogen and oxygen atoms in total. The summed E-state index contributed by atoms with van der Waals surface area (Å²) in [5.74, 6) is 0.763. The van der Waals surface area contributed by atoms with Crippen molar-refractivity contribution in [3.63, 3.8) is 0 Å². The third-order valence-corrected chi connectivity index (χ3v) is 3.82. The molecule has 1 aromatic heterocycles. The van der Waals surface area contributed by atoms with Gasteiger partial charge in [-0.05, 0) is 37.5 Å². The maximum Gasteiger partial charge on any atom is 0.145 e. The van der Waals surface area contributed by atoms with Gasteiger partial charge in [-0.25, -0.2) is 4.98 Å². The predicted molar refractivity (Wildman–Crippen MR) is 86.2 cm³/mol. The minimum Gasteiger partial charge on any atom is -0.494 e. The average Bonchev–Trinajstić information content (AvgIpc) is 2.46. The minimum atomic E-state index is 0.706. The quantitative estimate of drug-likeness (QED) is 0.875. The monoisotopic (exact) mass is 292 g/mol. The van der Waals surface area contributed by atoms with Gasteiger partial charge in [0, 0.05) is 23.3 Å². The van der Waals surface area contributed by atoms with Crippen molar-refractivity contribution in [1.29, 1.82) is 0 Å². The Morgan fingerprint density at radius 3 is 2.65 bits per heavy atom. The highest BCUT2D eigenvalue weighted by Gasteiger charge is 2.16. The van der Waals surface area contributed by atoms with E-state index in [1.165, 1.54) is 5.56 Å². The van der Waals surface area contributed by atoms with Crippen LogP contribution in [0, 0.1) is 6.92 Å². The number of pyridine rings is 1. The Morgan fingerprint density at radius 1 is 1.30 bits per heavy atom. The van der Waals surface area contributed by atoms with Crippen molar-refractivity contribution in [1.82, 2.24) is 4.98 Å². The van der Waals surface area contributed by atoms with E-state index in [2.05, 4.69) is 26.1 Å². The van der Waals surface area contributed by atoms with E-state index in [4.69, 9.17) is 21.3 Å². The largest absolute Gasteiger partial charge is 0.494 e. The molecule has 2 aromatic rings. The van der Waals surface area contributed by atoms with E-state index in [-0.39, 0.29) is 0 Å². The second-order valence-electron chi connectivity index (χ2n) is 4.81. The molecule has 1 aromatic carbocycles. The molecule has 0 aliphatic rings. The number of nitrogens with zero attached hydrogens (tertiary/aromatic N) is 1. The van der Waals surface area contributed by atoms with Crippen LogP contribution in [0.25, 0.3) is 10.9 Å². The molecule has 0 unspecified atom stereocenters. The number of hydrogen-bond donors (Lipinski definition) is 1. The number of methoxy groups -OCH3 is 1. The summed E-state index contributed by atoms with van der Waals surface area (Å²) in [7, 11) is 1.66. The van der Waals surface area contributed by atoms with Crippen molar-refractivity contribution >= 4 is 28.2 Å². The fourth-order valence-corrected chi connectivity index (χ4v) is 2.67. The predicted octanol–water partition coefficient (Wildman–Crippen LogP) is 4.59. The third-order valence-electron chi connectivity index (χ3n) is 3.50. The van der Waals surface area contributed by atoms with Crippen LogP contribution in [0.4, 0.5) is 5.69 Å². The zero-order valence-electron chi connectivity index (χ0n) is 12.5. The van der Waals surface area contributed by atoms with Gasteiger partial charge >= 0.3 is 0 Å². The highest BCUT2D eigenvalue weighted by atomic mass is 35.5. The molecule has 0 radical (unpaired) electrons. The molecular weight excluding hydrogens is 272 g/mol. The van der Waals surface area contributed by atoms with E-state index >= 15 is 0 Å². The lowest BCUT2D eigenvalue weighted by Crippen LogP contribution is -2.06. The summed E-state index contributed by atoms with van der Waals surface area (Å²) in [5.41, 5.74) is 4.17. The number of fused-ring (bicyclic) bond motifs is 1. The van der Waals surface area contributed by atoms with E-state index in [0.717, 1.165) is 47.4 Å². The highest BCUT2D eigenvalue weighted by molar-refractivity contribution is 6.36. The second-order valence-corrected chi connectivity index (χ2v) is 5.22. The van der Waals surface area contributed by atoms with E-state index in [1.807, 2.05) is 12.1 Å². The lowest BCUT2D eigenvalue weighted by molar-refractivity contribution is 0.419. The zero-order valence-corrected chi connectivity index (χ0v) is 13.3. The Labute approximate surface area is 125 Å². The lowest BCUT2D eigenvalue weighted by atomic mass is 10.0. The van der Waals surface area contributed by atoms with Gasteiger partial charge in [0.25, 0.3) is 0 Å². The molecule has 0 spiro atoms. The molecule has 1 N–H and O–H groups in total. The number of aryl methyl sites for hydroxylation is 1. The van der Waals surface area contributed by atoms with Gasteiger partial charge in [0.1, 0.15) is 11.3 Å². The van der Waals surface area contributed by atoms with Crippen molar-refractivity contribution in [3.05, 3.63) is 28.4 Å². The van der Waals surface area contributed by atoms with Crippen LogP contribution in [0.2, 0.25) is 5.02 Å². The Morgan fingerprint density at radius 2 is 2.05 bits per heavy atom. The molecule has 0 aliphatic carbocycles. The average molecular weight is 293 g/mol. The molecule has 0 aliphatic heterocycles. The SMILES string of the molecule is CCCNc1c(C)c(CC)nc2c(OC)ccc(Cl)c12. The van der Waals surface area contributed by atoms with Crippen molar-refractivity contribution in [2.75, 3.05) is 19.0 Å². The van der Waals surface area contributed by atoms with Crippen LogP contribution in [0.15, 0.2) is 12.1 Å². The molecular formula is C16H21ClN2O. The molecule has 1 heterocycles. The Balaban J connectivity index is 2.80. The number of ether oxygens (including phenoxy) is 1. The van der Waals surface area contributed by atoms with Crippen molar-refractivity contribution in [2.45, 2.75) is 33.6 Å². The fourth-order valence-electron chi connectivity index (χ4n) is 2.43. The normalized spacial score (nSPS) is 10.8. The summed E-state index contributed by atoms with van der Waals surface area (Å²) in [6, 6.07) is 3.74. The Kier molecular flexibility index (Phi) is 4.71. The van der Waals surface area contributed by atoms with Gasteiger partial charge in [-0.15, -0.1) is 0 Å². The van der Waals surface area contributed by atoms with Gasteiger partial charge < -0.3 is 10.1 Å². The third kappa shape index (κ3) is 2.55. The van der Waals surface area contributed by atoms with Crippen LogP contribution in [0.1, 0.15) is 31.5 Å². The van der Waals surface area contributed by atoms with E-state index in [0.29, 0.717) is 5.02 Å². The lowest BCUT2D eigenvalue weighted by Gasteiger charge is -2.17. The van der Waals surface area contributed by atoms with E-state index < -0.39 is 0 Å². The molecule has 0 atom stereocenters. The maximum atomic E-state index is 6.40. The zero-order chi connectivity index (χ0) is 14.7. The first-order chi connectivity index (χ1) is 9.63. The van der Waals surface area contributed by atoms with Crippen LogP contribution in [0.5, 0.6) is 5.75 Å². The number of rotatable bonds is 5. The topological polar surface area (TPSA) is 34.2 Å². The number of aromatic nitrogens is 1. The van der Waals surface area contributed by atoms with Crippen LogP contribution >= 0.6 is 11.6 Å². The van der Waals surface area contributed by atoms with Crippen LogP contribution < -0.4 is 10.1 Å². The van der Waals surface area contributed by atoms with Crippen LogP contribution in [-0.4, -0.2) is 18.6 Å². The standard InChI is InChI=1S/C16H21ClN2O/c1-5-9-18-15-10(3)12(6-2)19-16-13(20-4)8-7-11(17)14(15)16/h7-8H,5-6,9H2,1-4H3,(H,18,19). The number of hydrogen-bond acceptors (Lipinski definition) is 3. The second kappa shape index (κ2) is 6.31. The molecule has 0 fully saturated rings. The Bertz CT molecular complexity index is 626. The summed E-state index contributed by atoms with van der Waals surface area (Å²) in [6.45, 7) is 7.27. The van der Waals surface area contributed by atoms with Gasteiger partial charge in [0.2, 0.25) is 0 Å². The number of halogens is 1. The summed E-state index contributed by atoms with van der Waals surface area (Å²) in [5, 5.41) is 5.15.